The van der Waals surface area contributed by atoms with Gasteiger partial charge in [0.1, 0.15) is 11.4 Å². The molecule has 0 atom stereocenters. The topological polar surface area (TPSA) is 48.9 Å². The van der Waals surface area contributed by atoms with E-state index < -0.39 is 0 Å². The first-order valence-electron chi connectivity index (χ1n) is 7.44. The van der Waals surface area contributed by atoms with Gasteiger partial charge in [0.15, 0.2) is 0 Å². The number of rotatable bonds is 2. The fraction of sp³-hybridized carbons (Fsp3) is 0.105. The molecule has 0 fully saturated rings. The van der Waals surface area contributed by atoms with Gasteiger partial charge in [0.05, 0.1) is 0 Å². The molecule has 2 aromatic heterocycles. The zero-order valence-corrected chi connectivity index (χ0v) is 12.1. The van der Waals surface area contributed by atoms with E-state index in [0.717, 1.165) is 35.0 Å². The van der Waals surface area contributed by atoms with E-state index >= 15 is 0 Å². The fourth-order valence-corrected chi connectivity index (χ4v) is 2.96. The molecule has 2 N–H and O–H groups in total. The van der Waals surface area contributed by atoms with Gasteiger partial charge in [0.2, 0.25) is 0 Å². The Bertz CT molecular complexity index is 903. The molecule has 1 aromatic carbocycles. The first-order chi connectivity index (χ1) is 10.8. The van der Waals surface area contributed by atoms with Crippen LogP contribution in [0.5, 0.6) is 5.75 Å². The number of H-pyrrole nitrogens is 1. The highest BCUT2D eigenvalue weighted by atomic mass is 16.3. The van der Waals surface area contributed by atoms with Crippen LogP contribution >= 0.6 is 0 Å². The zero-order chi connectivity index (χ0) is 14.9. The van der Waals surface area contributed by atoms with E-state index in [1.54, 1.807) is 12.3 Å². The lowest BCUT2D eigenvalue weighted by molar-refractivity contribution is 0.477. The molecule has 1 aliphatic rings. The first kappa shape index (κ1) is 12.9. The third-order valence-electron chi connectivity index (χ3n) is 4.11. The summed E-state index contributed by atoms with van der Waals surface area (Å²) in [7, 11) is 0. The van der Waals surface area contributed by atoms with Crippen LogP contribution in [-0.2, 0) is 0 Å². The fourth-order valence-electron chi connectivity index (χ4n) is 2.96. The summed E-state index contributed by atoms with van der Waals surface area (Å²) in [6, 6.07) is 9.46. The van der Waals surface area contributed by atoms with E-state index in [1.165, 1.54) is 11.1 Å². The minimum atomic E-state index is 0.278. The standard InChI is InChI=1S/C19H16N2O/c22-18-9-5-4-8-15(18)14-10-16-17(12-21-19(16)20-11-14)13-6-2-1-3-7-13/h1-2,4-6,8-12,22H,3,7H2,(H,20,21). The number of benzene rings is 1. The molecule has 0 spiro atoms. The van der Waals surface area contributed by atoms with Gasteiger partial charge in [-0.2, -0.15) is 0 Å². The molecule has 1 aliphatic carbocycles. The number of allylic oxidation sites excluding steroid dienone is 4. The smallest absolute Gasteiger partial charge is 0.137 e. The maximum Gasteiger partial charge on any atom is 0.137 e. The molecule has 0 amide bonds. The van der Waals surface area contributed by atoms with Crippen molar-refractivity contribution in [3.63, 3.8) is 0 Å². The number of para-hydroxylation sites is 1. The van der Waals surface area contributed by atoms with Crippen molar-refractivity contribution in [3.8, 4) is 16.9 Å². The van der Waals surface area contributed by atoms with Gasteiger partial charge in [-0.25, -0.2) is 4.98 Å². The highest BCUT2D eigenvalue weighted by Gasteiger charge is 2.12. The lowest BCUT2D eigenvalue weighted by Gasteiger charge is -2.09. The number of nitrogens with zero attached hydrogens (tertiary/aromatic N) is 1. The molecule has 0 aliphatic heterocycles. The summed E-state index contributed by atoms with van der Waals surface area (Å²) in [6.45, 7) is 0. The molecule has 0 bridgehead atoms. The van der Waals surface area contributed by atoms with E-state index in [9.17, 15) is 5.11 Å². The molecule has 22 heavy (non-hydrogen) atoms. The average Bonchev–Trinajstić information content (AvgIpc) is 2.99. The van der Waals surface area contributed by atoms with Crippen LogP contribution in [0.25, 0.3) is 27.7 Å². The minimum Gasteiger partial charge on any atom is -0.507 e. The van der Waals surface area contributed by atoms with Crippen molar-refractivity contribution >= 4 is 16.6 Å². The number of phenolic OH excluding ortho intramolecular Hbond substituents is 1. The van der Waals surface area contributed by atoms with Crippen molar-refractivity contribution < 1.29 is 5.11 Å². The van der Waals surface area contributed by atoms with Crippen molar-refractivity contribution in [1.29, 1.82) is 0 Å². The van der Waals surface area contributed by atoms with Gasteiger partial charge in [-0.3, -0.25) is 0 Å². The number of aromatic hydroxyl groups is 1. The summed E-state index contributed by atoms with van der Waals surface area (Å²) in [6.07, 6.45) is 12.4. The predicted molar refractivity (Wildman–Crippen MR) is 89.5 cm³/mol. The Morgan fingerprint density at radius 1 is 1.14 bits per heavy atom. The zero-order valence-electron chi connectivity index (χ0n) is 12.1. The molecule has 0 saturated heterocycles. The number of aromatic nitrogens is 2. The monoisotopic (exact) mass is 288 g/mol. The molecule has 3 heteroatoms. The van der Waals surface area contributed by atoms with E-state index in [0.29, 0.717) is 0 Å². The number of fused-ring (bicyclic) bond motifs is 1. The Labute approximate surface area is 128 Å². The maximum atomic E-state index is 10.0. The second-order valence-corrected chi connectivity index (χ2v) is 5.50. The van der Waals surface area contributed by atoms with Gasteiger partial charge in [0, 0.05) is 34.5 Å². The summed E-state index contributed by atoms with van der Waals surface area (Å²) in [5.74, 6) is 0.278. The van der Waals surface area contributed by atoms with E-state index in [4.69, 9.17) is 0 Å². The maximum absolute atomic E-state index is 10.0. The lowest BCUT2D eigenvalue weighted by atomic mass is 9.96. The van der Waals surface area contributed by atoms with Gasteiger partial charge in [-0.05, 0) is 30.5 Å². The summed E-state index contributed by atoms with van der Waals surface area (Å²) in [5.41, 5.74) is 5.14. The third kappa shape index (κ3) is 2.11. The van der Waals surface area contributed by atoms with Crippen molar-refractivity contribution in [2.45, 2.75) is 12.8 Å². The van der Waals surface area contributed by atoms with Crippen LogP contribution in [0.2, 0.25) is 0 Å². The molecule has 3 aromatic rings. The van der Waals surface area contributed by atoms with Crippen LogP contribution in [-0.4, -0.2) is 15.1 Å². The molecule has 0 radical (unpaired) electrons. The second kappa shape index (κ2) is 5.19. The van der Waals surface area contributed by atoms with Crippen molar-refractivity contribution in [1.82, 2.24) is 9.97 Å². The number of hydrogen-bond acceptors (Lipinski definition) is 2. The van der Waals surface area contributed by atoms with Gasteiger partial charge in [-0.15, -0.1) is 0 Å². The molecule has 2 heterocycles. The Hall–Kier alpha value is -2.81. The Kier molecular flexibility index (Phi) is 3.04. The second-order valence-electron chi connectivity index (χ2n) is 5.50. The highest BCUT2D eigenvalue weighted by Crippen LogP contribution is 2.34. The van der Waals surface area contributed by atoms with Gasteiger partial charge < -0.3 is 10.1 Å². The normalized spacial score (nSPS) is 14.3. The summed E-state index contributed by atoms with van der Waals surface area (Å²) < 4.78 is 0. The number of phenols is 1. The van der Waals surface area contributed by atoms with E-state index in [1.807, 2.05) is 24.4 Å². The highest BCUT2D eigenvalue weighted by molar-refractivity contribution is 5.93. The molecule has 0 unspecified atom stereocenters. The van der Waals surface area contributed by atoms with Crippen LogP contribution in [0.4, 0.5) is 0 Å². The van der Waals surface area contributed by atoms with Gasteiger partial charge in [0.25, 0.3) is 0 Å². The Balaban J connectivity index is 1.88. The minimum absolute atomic E-state index is 0.278. The number of nitrogens with one attached hydrogen (secondary N) is 1. The summed E-state index contributed by atoms with van der Waals surface area (Å²) in [4.78, 5) is 7.74. The molecule has 0 saturated carbocycles. The van der Waals surface area contributed by atoms with Crippen LogP contribution in [0.1, 0.15) is 18.4 Å². The molecule has 4 rings (SSSR count). The number of pyridine rings is 1. The molecule has 108 valence electrons. The van der Waals surface area contributed by atoms with Crippen LogP contribution in [0.15, 0.2) is 61.0 Å². The van der Waals surface area contributed by atoms with Crippen LogP contribution in [0, 0.1) is 0 Å². The lowest BCUT2D eigenvalue weighted by Crippen LogP contribution is -1.88. The van der Waals surface area contributed by atoms with Gasteiger partial charge in [-0.1, -0.05) is 36.4 Å². The number of aromatic amines is 1. The van der Waals surface area contributed by atoms with E-state index in [-0.39, 0.29) is 5.75 Å². The van der Waals surface area contributed by atoms with Crippen molar-refractivity contribution in [3.05, 3.63) is 66.5 Å². The van der Waals surface area contributed by atoms with E-state index in [2.05, 4.69) is 34.3 Å². The molecular formula is C19H16N2O. The van der Waals surface area contributed by atoms with Crippen LogP contribution in [0.3, 0.4) is 0 Å². The van der Waals surface area contributed by atoms with Crippen molar-refractivity contribution in [2.75, 3.05) is 0 Å². The molecular weight excluding hydrogens is 272 g/mol. The summed E-state index contributed by atoms with van der Waals surface area (Å²) in [5, 5.41) is 11.1. The SMILES string of the molecule is Oc1ccccc1-c1cnc2[nH]cc(C3=CC=CCC3)c2c1. The average molecular weight is 288 g/mol. The largest absolute Gasteiger partial charge is 0.507 e. The number of hydrogen-bond donors (Lipinski definition) is 2. The van der Waals surface area contributed by atoms with Crippen molar-refractivity contribution in [2.24, 2.45) is 0 Å². The van der Waals surface area contributed by atoms with Gasteiger partial charge >= 0.3 is 0 Å². The third-order valence-corrected chi connectivity index (χ3v) is 4.11. The Morgan fingerprint density at radius 2 is 2.05 bits per heavy atom. The van der Waals surface area contributed by atoms with Crippen LogP contribution < -0.4 is 0 Å². The predicted octanol–water partition coefficient (Wildman–Crippen LogP) is 4.67. The quantitative estimate of drug-likeness (QED) is 0.720. The Morgan fingerprint density at radius 3 is 2.86 bits per heavy atom. The summed E-state index contributed by atoms with van der Waals surface area (Å²) >= 11 is 0. The first-order valence-corrected chi connectivity index (χ1v) is 7.44. The molecule has 3 nitrogen and oxygen atoms in total.